The van der Waals surface area contributed by atoms with Crippen LogP contribution in [0.3, 0.4) is 0 Å². The van der Waals surface area contributed by atoms with Gasteiger partial charge in [0.05, 0.1) is 19.2 Å². The maximum atomic E-state index is 11.8. The summed E-state index contributed by atoms with van der Waals surface area (Å²) < 4.78 is 5.11. The highest BCUT2D eigenvalue weighted by atomic mass is 32.1. The number of amides is 1. The van der Waals surface area contributed by atoms with Crippen molar-refractivity contribution in [2.75, 3.05) is 20.3 Å². The molecule has 1 amide bonds. The molecule has 0 aliphatic carbocycles. The summed E-state index contributed by atoms with van der Waals surface area (Å²) in [4.78, 5) is 13.7. The third-order valence-electron chi connectivity index (χ3n) is 2.75. The predicted molar refractivity (Wildman–Crippen MR) is 63.2 cm³/mol. The van der Waals surface area contributed by atoms with Gasteiger partial charge in [0.2, 0.25) is 5.91 Å². The number of nitrogens with zero attached hydrogens (tertiary/aromatic N) is 1. The molecule has 1 aromatic heterocycles. The molecule has 1 saturated heterocycles. The topological polar surface area (TPSA) is 41.6 Å². The molecule has 0 saturated carbocycles. The first kappa shape index (κ1) is 11.6. The van der Waals surface area contributed by atoms with Crippen molar-refractivity contribution in [3.63, 3.8) is 0 Å². The van der Waals surface area contributed by atoms with Gasteiger partial charge in [0.25, 0.3) is 0 Å². The van der Waals surface area contributed by atoms with Crippen LogP contribution >= 0.6 is 11.3 Å². The van der Waals surface area contributed by atoms with E-state index in [0.29, 0.717) is 13.2 Å². The minimum absolute atomic E-state index is 0.00361. The molecule has 5 heteroatoms. The maximum absolute atomic E-state index is 11.8. The van der Waals surface area contributed by atoms with E-state index in [1.165, 1.54) is 0 Å². The summed E-state index contributed by atoms with van der Waals surface area (Å²) in [5, 5.41) is 7.32. The van der Waals surface area contributed by atoms with E-state index in [1.807, 2.05) is 23.3 Å². The molecule has 0 radical (unpaired) electrons. The lowest BCUT2D eigenvalue weighted by Gasteiger charge is -2.29. The van der Waals surface area contributed by atoms with Crippen molar-refractivity contribution < 1.29 is 9.53 Å². The van der Waals surface area contributed by atoms with E-state index in [-0.39, 0.29) is 18.1 Å². The lowest BCUT2D eigenvalue weighted by molar-refractivity contribution is -0.131. The Kier molecular flexibility index (Phi) is 3.58. The molecular formula is C11H16N2O2S. The highest BCUT2D eigenvalue weighted by Gasteiger charge is 2.34. The van der Waals surface area contributed by atoms with Crippen molar-refractivity contribution >= 4 is 17.2 Å². The number of nitrogens with one attached hydrogen (secondary N) is 1. The molecule has 1 aromatic rings. The molecular weight excluding hydrogens is 224 g/mol. The molecule has 1 N–H and O–H groups in total. The number of carbonyl (C=O) groups is 1. The predicted octanol–water partition coefficient (Wildman–Crippen LogP) is 1.21. The van der Waals surface area contributed by atoms with Crippen LogP contribution in [0.2, 0.25) is 0 Å². The molecule has 2 unspecified atom stereocenters. The second-order valence-electron chi connectivity index (χ2n) is 3.95. The number of carbonyl (C=O) groups excluding carboxylic acids is 1. The Hall–Kier alpha value is -0.910. The third-order valence-corrected chi connectivity index (χ3v) is 3.46. The summed E-state index contributed by atoms with van der Waals surface area (Å²) >= 11 is 1.65. The van der Waals surface area contributed by atoms with Crippen molar-refractivity contribution in [3.05, 3.63) is 22.4 Å². The molecule has 88 valence electrons. The van der Waals surface area contributed by atoms with Gasteiger partial charge in [-0.3, -0.25) is 10.1 Å². The van der Waals surface area contributed by atoms with Crippen molar-refractivity contribution in [2.45, 2.75) is 19.1 Å². The first-order valence-electron chi connectivity index (χ1n) is 5.29. The summed E-state index contributed by atoms with van der Waals surface area (Å²) in [5.41, 5.74) is 1.15. The van der Waals surface area contributed by atoms with E-state index in [4.69, 9.17) is 4.74 Å². The average Bonchev–Trinajstić information content (AvgIpc) is 2.86. The Bertz CT molecular complexity index is 353. The Morgan fingerprint density at radius 2 is 2.56 bits per heavy atom. The third kappa shape index (κ3) is 2.11. The molecule has 4 nitrogen and oxygen atoms in total. The van der Waals surface area contributed by atoms with E-state index in [9.17, 15) is 4.79 Å². The van der Waals surface area contributed by atoms with Crippen LogP contribution in [-0.4, -0.2) is 37.1 Å². The summed E-state index contributed by atoms with van der Waals surface area (Å²) in [6.07, 6.45) is 0.00361. The van der Waals surface area contributed by atoms with Crippen molar-refractivity contribution in [1.29, 1.82) is 0 Å². The molecule has 2 heterocycles. The average molecular weight is 240 g/mol. The van der Waals surface area contributed by atoms with E-state index >= 15 is 0 Å². The Balaban J connectivity index is 2.16. The zero-order valence-electron chi connectivity index (χ0n) is 9.47. The molecule has 2 rings (SSSR count). The van der Waals surface area contributed by atoms with Gasteiger partial charge in [-0.25, -0.2) is 0 Å². The number of hydrogen-bond acceptors (Lipinski definition) is 4. The minimum Gasteiger partial charge on any atom is -0.383 e. The Labute approximate surface area is 99.2 Å². The van der Waals surface area contributed by atoms with Gasteiger partial charge in [-0.15, -0.1) is 0 Å². The molecule has 1 aliphatic rings. The molecule has 2 atom stereocenters. The second kappa shape index (κ2) is 4.95. The van der Waals surface area contributed by atoms with Gasteiger partial charge in [0.15, 0.2) is 0 Å². The van der Waals surface area contributed by atoms with Gasteiger partial charge in [0.1, 0.15) is 6.17 Å². The number of methoxy groups -OCH3 is 1. The van der Waals surface area contributed by atoms with E-state index < -0.39 is 0 Å². The van der Waals surface area contributed by atoms with Crippen molar-refractivity contribution in [1.82, 2.24) is 10.2 Å². The van der Waals surface area contributed by atoms with Crippen LogP contribution in [0.25, 0.3) is 0 Å². The highest BCUT2D eigenvalue weighted by molar-refractivity contribution is 7.07. The first-order valence-corrected chi connectivity index (χ1v) is 6.24. The van der Waals surface area contributed by atoms with Crippen LogP contribution in [0.1, 0.15) is 18.7 Å². The lowest BCUT2D eigenvalue weighted by atomic mass is 10.2. The van der Waals surface area contributed by atoms with Gasteiger partial charge in [-0.2, -0.15) is 11.3 Å². The number of thiophene rings is 1. The van der Waals surface area contributed by atoms with Crippen molar-refractivity contribution in [3.8, 4) is 0 Å². The zero-order valence-corrected chi connectivity index (χ0v) is 10.3. The second-order valence-corrected chi connectivity index (χ2v) is 4.73. The summed E-state index contributed by atoms with van der Waals surface area (Å²) in [6.45, 7) is 2.98. The summed E-state index contributed by atoms with van der Waals surface area (Å²) in [6, 6.07) is 2.14. The quantitative estimate of drug-likeness (QED) is 0.860. The summed E-state index contributed by atoms with van der Waals surface area (Å²) in [7, 11) is 1.66. The molecule has 16 heavy (non-hydrogen) atoms. The monoisotopic (exact) mass is 240 g/mol. The molecule has 0 aromatic carbocycles. The SMILES string of the molecule is COCC(C)N1C(=O)CNC1c1ccsc1. The van der Waals surface area contributed by atoms with E-state index in [2.05, 4.69) is 10.7 Å². The standard InChI is InChI=1S/C11H16N2O2S/c1-8(6-15-2)13-10(14)5-12-11(13)9-3-4-16-7-9/h3-4,7-8,11-12H,5-6H2,1-2H3. The van der Waals surface area contributed by atoms with E-state index in [0.717, 1.165) is 5.56 Å². The zero-order chi connectivity index (χ0) is 11.5. The van der Waals surface area contributed by atoms with Crippen LogP contribution in [-0.2, 0) is 9.53 Å². The van der Waals surface area contributed by atoms with Crippen LogP contribution in [0.4, 0.5) is 0 Å². The van der Waals surface area contributed by atoms with Gasteiger partial charge < -0.3 is 9.64 Å². The van der Waals surface area contributed by atoms with Gasteiger partial charge in [-0.1, -0.05) is 0 Å². The fourth-order valence-electron chi connectivity index (χ4n) is 2.05. The normalized spacial score (nSPS) is 22.8. The fraction of sp³-hybridized carbons (Fsp3) is 0.545. The maximum Gasteiger partial charge on any atom is 0.238 e. The van der Waals surface area contributed by atoms with Crippen molar-refractivity contribution in [2.24, 2.45) is 0 Å². The molecule has 1 fully saturated rings. The molecule has 0 bridgehead atoms. The first-order chi connectivity index (χ1) is 7.74. The van der Waals surface area contributed by atoms with E-state index in [1.54, 1.807) is 18.4 Å². The number of ether oxygens (including phenoxy) is 1. The van der Waals surface area contributed by atoms with Gasteiger partial charge in [0, 0.05) is 7.11 Å². The lowest BCUT2D eigenvalue weighted by Crippen LogP contribution is -2.40. The van der Waals surface area contributed by atoms with Gasteiger partial charge in [-0.05, 0) is 29.3 Å². The fourth-order valence-corrected chi connectivity index (χ4v) is 2.73. The smallest absolute Gasteiger partial charge is 0.238 e. The summed E-state index contributed by atoms with van der Waals surface area (Å²) in [5.74, 6) is 0.140. The van der Waals surface area contributed by atoms with Crippen LogP contribution in [0.15, 0.2) is 16.8 Å². The number of rotatable bonds is 4. The van der Waals surface area contributed by atoms with Crippen LogP contribution in [0.5, 0.6) is 0 Å². The molecule has 1 aliphatic heterocycles. The minimum atomic E-state index is 0.00361. The van der Waals surface area contributed by atoms with Crippen LogP contribution < -0.4 is 5.32 Å². The Morgan fingerprint density at radius 1 is 1.75 bits per heavy atom. The van der Waals surface area contributed by atoms with Gasteiger partial charge >= 0.3 is 0 Å². The largest absolute Gasteiger partial charge is 0.383 e. The Morgan fingerprint density at radius 3 is 3.19 bits per heavy atom. The highest BCUT2D eigenvalue weighted by Crippen LogP contribution is 2.26. The van der Waals surface area contributed by atoms with Crippen LogP contribution in [0, 0.1) is 0 Å². The molecule has 0 spiro atoms. The number of hydrogen-bond donors (Lipinski definition) is 1.